The number of guanidine groups is 1. The maximum atomic E-state index is 11.9. The molecule has 21 heavy (non-hydrogen) atoms. The average molecular weight is 327 g/mol. The molecule has 0 spiro atoms. The first kappa shape index (κ1) is 15.8. The Labute approximate surface area is 133 Å². The molecule has 7 heteroatoms. The molecule has 1 aliphatic heterocycles. The molecule has 5 nitrogen and oxygen atoms in total. The summed E-state index contributed by atoms with van der Waals surface area (Å²) in [5.41, 5.74) is 0.111. The van der Waals surface area contributed by atoms with Crippen molar-refractivity contribution in [2.24, 2.45) is 9.98 Å². The van der Waals surface area contributed by atoms with E-state index in [4.69, 9.17) is 23.2 Å². The first-order valence-corrected chi connectivity index (χ1v) is 7.11. The van der Waals surface area contributed by atoms with Gasteiger partial charge in [-0.25, -0.2) is 9.98 Å². The Hall–Kier alpha value is -1.59. The molecule has 0 aromatic heterocycles. The lowest BCUT2D eigenvalue weighted by Crippen LogP contribution is -2.42. The van der Waals surface area contributed by atoms with Gasteiger partial charge in [-0.15, -0.1) is 0 Å². The van der Waals surface area contributed by atoms with Crippen molar-refractivity contribution in [1.29, 1.82) is 0 Å². The normalized spacial score (nSPS) is 22.1. The summed E-state index contributed by atoms with van der Waals surface area (Å²) in [4.78, 5) is 22.4. The van der Waals surface area contributed by atoms with E-state index in [0.29, 0.717) is 10.0 Å². The molecule has 0 aliphatic carbocycles. The van der Waals surface area contributed by atoms with Crippen molar-refractivity contribution in [3.05, 3.63) is 33.8 Å². The molecule has 0 bridgehead atoms. The molecule has 0 fully saturated rings. The number of hydrogen-bond acceptors (Lipinski definition) is 3. The second-order valence-corrected chi connectivity index (χ2v) is 6.09. The highest BCUT2D eigenvalue weighted by atomic mass is 35.5. The highest BCUT2D eigenvalue weighted by Gasteiger charge is 2.34. The van der Waals surface area contributed by atoms with E-state index in [-0.39, 0.29) is 18.3 Å². The van der Waals surface area contributed by atoms with Crippen molar-refractivity contribution in [2.45, 2.75) is 18.9 Å². The number of rotatable bonds is 2. The van der Waals surface area contributed by atoms with Crippen LogP contribution in [0.15, 0.2) is 28.2 Å². The van der Waals surface area contributed by atoms with Crippen molar-refractivity contribution in [3.63, 3.8) is 0 Å². The number of halogens is 2. The Bertz CT molecular complexity index is 627. The fraction of sp³-hybridized carbons (Fsp3) is 0.357. The molecule has 1 heterocycles. The third-order valence-electron chi connectivity index (χ3n) is 3.06. The Kier molecular flexibility index (Phi) is 4.54. The van der Waals surface area contributed by atoms with Gasteiger partial charge < -0.3 is 4.90 Å². The molecule has 1 atom stereocenters. The van der Waals surface area contributed by atoms with Gasteiger partial charge in [-0.2, -0.15) is 0 Å². The third-order valence-corrected chi connectivity index (χ3v) is 3.80. The maximum Gasteiger partial charge on any atom is 0.229 e. The zero-order valence-corrected chi connectivity index (χ0v) is 13.5. The molecule has 112 valence electrons. The molecule has 1 aromatic rings. The van der Waals surface area contributed by atoms with Crippen LogP contribution in [0.3, 0.4) is 0 Å². The van der Waals surface area contributed by atoms with E-state index in [9.17, 15) is 4.79 Å². The van der Waals surface area contributed by atoms with E-state index in [1.54, 1.807) is 23.4 Å². The average Bonchev–Trinajstić information content (AvgIpc) is 2.38. The standard InChI is InChI=1S/C14H16Cl2N4O/c1-14(9-4-5-10(15)11(16)6-9)7-12(21)18-13(19-14)17-8-20(2)3/h4-6,8H,7H2,1-3H3,(H,18,19,21)/b17-8-. The van der Waals surface area contributed by atoms with Gasteiger partial charge in [0.15, 0.2) is 0 Å². The Balaban J connectivity index is 2.41. The van der Waals surface area contributed by atoms with Crippen LogP contribution in [0, 0.1) is 0 Å². The summed E-state index contributed by atoms with van der Waals surface area (Å²) in [5, 5.41) is 3.56. The van der Waals surface area contributed by atoms with Crippen LogP contribution < -0.4 is 5.32 Å². The first-order valence-electron chi connectivity index (χ1n) is 6.36. The Morgan fingerprint density at radius 2 is 2.10 bits per heavy atom. The van der Waals surface area contributed by atoms with Crippen LogP contribution in [0.1, 0.15) is 18.9 Å². The minimum Gasteiger partial charge on any atom is -0.369 e. The van der Waals surface area contributed by atoms with E-state index in [2.05, 4.69) is 15.3 Å². The van der Waals surface area contributed by atoms with E-state index >= 15 is 0 Å². The van der Waals surface area contributed by atoms with Crippen molar-refractivity contribution in [3.8, 4) is 0 Å². The zero-order valence-electron chi connectivity index (χ0n) is 12.0. The summed E-state index contributed by atoms with van der Waals surface area (Å²) < 4.78 is 0. The molecule has 1 N–H and O–H groups in total. The summed E-state index contributed by atoms with van der Waals surface area (Å²) in [6.45, 7) is 1.87. The Morgan fingerprint density at radius 1 is 1.38 bits per heavy atom. The maximum absolute atomic E-state index is 11.9. The number of carbonyl (C=O) groups excluding carboxylic acids is 1. The van der Waals surface area contributed by atoms with Gasteiger partial charge in [0.1, 0.15) is 0 Å². The lowest BCUT2D eigenvalue weighted by Gasteiger charge is -2.29. The van der Waals surface area contributed by atoms with Crippen LogP contribution in [-0.2, 0) is 10.3 Å². The number of amides is 1. The smallest absolute Gasteiger partial charge is 0.229 e. The summed E-state index contributed by atoms with van der Waals surface area (Å²) in [5.74, 6) is 0.151. The quantitative estimate of drug-likeness (QED) is 0.671. The largest absolute Gasteiger partial charge is 0.369 e. The van der Waals surface area contributed by atoms with E-state index < -0.39 is 5.54 Å². The molecular formula is C14H16Cl2N4O. The second kappa shape index (κ2) is 6.03. The number of hydrogen-bond donors (Lipinski definition) is 1. The summed E-state index contributed by atoms with van der Waals surface area (Å²) in [6, 6.07) is 5.26. The predicted molar refractivity (Wildman–Crippen MR) is 86.2 cm³/mol. The van der Waals surface area contributed by atoms with Gasteiger partial charge in [-0.1, -0.05) is 29.3 Å². The Morgan fingerprint density at radius 3 is 2.71 bits per heavy atom. The van der Waals surface area contributed by atoms with Gasteiger partial charge in [0.2, 0.25) is 11.9 Å². The van der Waals surface area contributed by atoms with Crippen molar-refractivity contribution >= 4 is 41.4 Å². The molecule has 1 unspecified atom stereocenters. The molecule has 0 saturated heterocycles. The summed E-state index contributed by atoms with van der Waals surface area (Å²) >= 11 is 12.0. The van der Waals surface area contributed by atoms with Gasteiger partial charge in [-0.05, 0) is 24.6 Å². The van der Waals surface area contributed by atoms with Crippen LogP contribution >= 0.6 is 23.2 Å². The predicted octanol–water partition coefficient (Wildman–Crippen LogP) is 2.67. The molecule has 0 saturated carbocycles. The lowest BCUT2D eigenvalue weighted by molar-refractivity contribution is -0.121. The van der Waals surface area contributed by atoms with Crippen molar-refractivity contribution in [1.82, 2.24) is 10.2 Å². The number of nitrogens with one attached hydrogen (secondary N) is 1. The van der Waals surface area contributed by atoms with Gasteiger partial charge in [-0.3, -0.25) is 10.1 Å². The fourth-order valence-corrected chi connectivity index (χ4v) is 2.31. The number of benzene rings is 1. The van der Waals surface area contributed by atoms with Crippen LogP contribution in [-0.4, -0.2) is 37.2 Å². The van der Waals surface area contributed by atoms with Crippen LogP contribution in [0.2, 0.25) is 10.0 Å². The van der Waals surface area contributed by atoms with Crippen molar-refractivity contribution < 1.29 is 4.79 Å². The second-order valence-electron chi connectivity index (χ2n) is 5.27. The third kappa shape index (κ3) is 3.74. The molecule has 1 aliphatic rings. The molecule has 2 rings (SSSR count). The first-order chi connectivity index (χ1) is 9.80. The minimum atomic E-state index is -0.713. The highest BCUT2D eigenvalue weighted by molar-refractivity contribution is 6.42. The van der Waals surface area contributed by atoms with Crippen LogP contribution in [0.4, 0.5) is 0 Å². The molecular weight excluding hydrogens is 311 g/mol. The van der Waals surface area contributed by atoms with E-state index in [1.165, 1.54) is 0 Å². The monoisotopic (exact) mass is 326 g/mol. The summed E-state index contributed by atoms with van der Waals surface area (Å²) in [7, 11) is 3.68. The van der Waals surface area contributed by atoms with Crippen LogP contribution in [0.5, 0.6) is 0 Å². The van der Waals surface area contributed by atoms with E-state index in [0.717, 1.165) is 5.56 Å². The number of carbonyl (C=O) groups is 1. The SMILES string of the molecule is CN(C)/C=N\C1=NC(C)(c2ccc(Cl)c(Cl)c2)CC(=O)N1. The molecule has 1 aromatic carbocycles. The van der Waals surface area contributed by atoms with E-state index in [1.807, 2.05) is 27.1 Å². The molecule has 0 radical (unpaired) electrons. The van der Waals surface area contributed by atoms with Gasteiger partial charge in [0, 0.05) is 14.1 Å². The highest BCUT2D eigenvalue weighted by Crippen LogP contribution is 2.35. The lowest BCUT2D eigenvalue weighted by atomic mass is 9.88. The topological polar surface area (TPSA) is 57.1 Å². The molecule has 1 amide bonds. The summed E-state index contributed by atoms with van der Waals surface area (Å²) in [6.07, 6.45) is 1.81. The minimum absolute atomic E-state index is 0.135. The van der Waals surface area contributed by atoms with Gasteiger partial charge >= 0.3 is 0 Å². The number of aliphatic imine (C=N–C) groups is 2. The zero-order chi connectivity index (χ0) is 15.6. The number of nitrogens with zero attached hydrogens (tertiary/aromatic N) is 3. The fourth-order valence-electron chi connectivity index (χ4n) is 2.01. The van der Waals surface area contributed by atoms with Gasteiger partial charge in [0.25, 0.3) is 0 Å². The van der Waals surface area contributed by atoms with Gasteiger partial charge in [0.05, 0.1) is 28.3 Å². The van der Waals surface area contributed by atoms with Crippen molar-refractivity contribution in [2.75, 3.05) is 14.1 Å². The van der Waals surface area contributed by atoms with Crippen LogP contribution in [0.25, 0.3) is 0 Å².